The van der Waals surface area contributed by atoms with Gasteiger partial charge in [-0.2, -0.15) is 0 Å². The van der Waals surface area contributed by atoms with Crippen LogP contribution in [0.25, 0.3) is 0 Å². The molecular weight excluding hydrogens is 294 g/mol. The molecule has 2 rings (SSSR count). The van der Waals surface area contributed by atoms with Crippen molar-refractivity contribution >= 4 is 29.1 Å². The molecule has 1 aromatic rings. The minimum Gasteiger partial charge on any atom is -0.481 e. The van der Waals surface area contributed by atoms with Gasteiger partial charge >= 0.3 is 11.9 Å². The van der Waals surface area contributed by atoms with Crippen molar-refractivity contribution in [2.45, 2.75) is 19.8 Å². The molecule has 112 valence electrons. The Morgan fingerprint density at radius 2 is 1.90 bits per heavy atom. The van der Waals surface area contributed by atoms with E-state index in [0.29, 0.717) is 18.5 Å². The maximum atomic E-state index is 12.5. The van der Waals surface area contributed by atoms with Crippen LogP contribution in [-0.2, 0) is 9.53 Å². The number of allylic oxidation sites excluding steroid dienone is 2. The normalized spacial score (nSPS) is 21.0. The van der Waals surface area contributed by atoms with E-state index in [9.17, 15) is 19.5 Å². The lowest BCUT2D eigenvalue weighted by Gasteiger charge is -2.22. The summed E-state index contributed by atoms with van der Waals surface area (Å²) in [4.78, 5) is 39.7. The fourth-order valence-corrected chi connectivity index (χ4v) is 3.31. The lowest BCUT2D eigenvalue weighted by molar-refractivity contribution is -0.143. The van der Waals surface area contributed by atoms with E-state index in [-0.39, 0.29) is 15.7 Å². The van der Waals surface area contributed by atoms with Gasteiger partial charge in [0, 0.05) is 5.92 Å². The lowest BCUT2D eigenvalue weighted by Crippen LogP contribution is -2.31. The third kappa shape index (κ3) is 3.02. The Balaban J connectivity index is 2.29. The van der Waals surface area contributed by atoms with Crippen molar-refractivity contribution in [2.24, 2.45) is 11.8 Å². The van der Waals surface area contributed by atoms with Crippen molar-refractivity contribution < 1.29 is 24.2 Å². The van der Waals surface area contributed by atoms with E-state index in [1.54, 1.807) is 13.0 Å². The number of carbonyl (C=O) groups excluding carboxylic acids is 2. The van der Waals surface area contributed by atoms with E-state index in [1.165, 1.54) is 7.11 Å². The Morgan fingerprint density at radius 1 is 1.29 bits per heavy atom. The number of rotatable bonds is 4. The molecule has 0 radical (unpaired) electrons. The SMILES string of the molecule is COC(=O)c1sc(C(=O)C2CC=CCC2C(=O)O)nc1C. The Hall–Kier alpha value is -2.02. The molecule has 0 fully saturated rings. The number of nitrogens with zero attached hydrogens (tertiary/aromatic N) is 1. The van der Waals surface area contributed by atoms with Crippen LogP contribution in [0.4, 0.5) is 0 Å². The number of esters is 1. The van der Waals surface area contributed by atoms with E-state index in [2.05, 4.69) is 9.72 Å². The van der Waals surface area contributed by atoms with Gasteiger partial charge in [0.25, 0.3) is 0 Å². The number of thiazole rings is 1. The summed E-state index contributed by atoms with van der Waals surface area (Å²) in [6, 6.07) is 0. The van der Waals surface area contributed by atoms with E-state index < -0.39 is 23.8 Å². The first kappa shape index (κ1) is 15.4. The molecule has 21 heavy (non-hydrogen) atoms. The van der Waals surface area contributed by atoms with Crippen LogP contribution >= 0.6 is 11.3 Å². The average molecular weight is 309 g/mol. The van der Waals surface area contributed by atoms with Gasteiger partial charge in [0.2, 0.25) is 0 Å². The highest BCUT2D eigenvalue weighted by atomic mass is 32.1. The Kier molecular flexibility index (Phi) is 4.52. The Morgan fingerprint density at radius 3 is 2.48 bits per heavy atom. The molecule has 0 bridgehead atoms. The van der Waals surface area contributed by atoms with Gasteiger partial charge in [-0.05, 0) is 19.8 Å². The number of carboxylic acid groups (broad SMARTS) is 1. The summed E-state index contributed by atoms with van der Waals surface area (Å²) >= 11 is 0.955. The number of carboxylic acids is 1. The third-order valence-corrected chi connectivity index (χ3v) is 4.62. The maximum Gasteiger partial charge on any atom is 0.349 e. The maximum absolute atomic E-state index is 12.5. The molecule has 7 heteroatoms. The van der Waals surface area contributed by atoms with Gasteiger partial charge in [0.15, 0.2) is 10.8 Å². The highest BCUT2D eigenvalue weighted by Gasteiger charge is 2.36. The van der Waals surface area contributed by atoms with Crippen molar-refractivity contribution in [3.05, 3.63) is 27.7 Å². The van der Waals surface area contributed by atoms with Gasteiger partial charge in [-0.25, -0.2) is 9.78 Å². The molecule has 1 aliphatic rings. The molecule has 1 aliphatic carbocycles. The summed E-state index contributed by atoms with van der Waals surface area (Å²) in [6.07, 6.45) is 4.29. The van der Waals surface area contributed by atoms with Crippen LogP contribution in [0.1, 0.15) is 38.0 Å². The topological polar surface area (TPSA) is 93.6 Å². The molecule has 0 amide bonds. The molecule has 6 nitrogen and oxygen atoms in total. The first-order valence-electron chi connectivity index (χ1n) is 6.43. The number of ketones is 1. The second-order valence-corrected chi connectivity index (χ2v) is 5.78. The van der Waals surface area contributed by atoms with Crippen molar-refractivity contribution in [1.82, 2.24) is 4.98 Å². The number of aryl methyl sites for hydroxylation is 1. The van der Waals surface area contributed by atoms with E-state index in [1.807, 2.05) is 6.08 Å². The zero-order valence-corrected chi connectivity index (χ0v) is 12.5. The average Bonchev–Trinajstić information content (AvgIpc) is 2.87. The smallest absolute Gasteiger partial charge is 0.349 e. The van der Waals surface area contributed by atoms with Crippen LogP contribution in [0, 0.1) is 18.8 Å². The fourth-order valence-electron chi connectivity index (χ4n) is 2.32. The number of hydrogen-bond donors (Lipinski definition) is 1. The summed E-state index contributed by atoms with van der Waals surface area (Å²) < 4.78 is 4.63. The van der Waals surface area contributed by atoms with Gasteiger partial charge in [0.05, 0.1) is 18.7 Å². The molecule has 1 aromatic heterocycles. The van der Waals surface area contributed by atoms with E-state index in [0.717, 1.165) is 11.3 Å². The van der Waals surface area contributed by atoms with Crippen LogP contribution in [0.5, 0.6) is 0 Å². The summed E-state index contributed by atoms with van der Waals surface area (Å²) in [7, 11) is 1.26. The largest absolute Gasteiger partial charge is 0.481 e. The fraction of sp³-hybridized carbons (Fsp3) is 0.429. The molecule has 0 aliphatic heterocycles. The summed E-state index contributed by atoms with van der Waals surface area (Å²) in [5.74, 6) is -3.23. The Labute approximate surface area is 125 Å². The van der Waals surface area contributed by atoms with Gasteiger partial charge in [-0.15, -0.1) is 11.3 Å². The van der Waals surface area contributed by atoms with Crippen LogP contribution < -0.4 is 0 Å². The van der Waals surface area contributed by atoms with Crippen LogP contribution in [0.15, 0.2) is 12.2 Å². The molecular formula is C14H15NO5S. The third-order valence-electron chi connectivity index (χ3n) is 3.46. The summed E-state index contributed by atoms with van der Waals surface area (Å²) in [5.41, 5.74) is 0.424. The first-order chi connectivity index (χ1) is 9.95. The predicted octanol–water partition coefficient (Wildman–Crippen LogP) is 2.09. The van der Waals surface area contributed by atoms with Crippen LogP contribution in [-0.4, -0.2) is 34.9 Å². The number of Topliss-reactive ketones (excluding diaryl/α,β-unsaturated/α-hetero) is 1. The first-order valence-corrected chi connectivity index (χ1v) is 7.25. The number of aromatic nitrogens is 1. The van der Waals surface area contributed by atoms with Crippen LogP contribution in [0.3, 0.4) is 0 Å². The standard InChI is InChI=1S/C14H15NO5S/c1-7-11(14(19)20-2)21-12(15-7)10(16)8-5-3-4-6-9(8)13(17)18/h3-4,8-9H,5-6H2,1-2H3,(H,17,18). The van der Waals surface area contributed by atoms with E-state index >= 15 is 0 Å². The van der Waals surface area contributed by atoms with E-state index in [4.69, 9.17) is 0 Å². The van der Waals surface area contributed by atoms with Gasteiger partial charge < -0.3 is 9.84 Å². The minimum absolute atomic E-state index is 0.166. The lowest BCUT2D eigenvalue weighted by atomic mass is 9.80. The molecule has 0 spiro atoms. The van der Waals surface area contributed by atoms with Crippen LogP contribution in [0.2, 0.25) is 0 Å². The minimum atomic E-state index is -0.987. The Bertz CT molecular complexity index is 619. The predicted molar refractivity (Wildman–Crippen MR) is 75.5 cm³/mol. The number of aliphatic carboxylic acids is 1. The molecule has 1 heterocycles. The second kappa shape index (κ2) is 6.17. The second-order valence-electron chi connectivity index (χ2n) is 4.78. The quantitative estimate of drug-likeness (QED) is 0.520. The number of carbonyl (C=O) groups is 3. The zero-order chi connectivity index (χ0) is 15.6. The molecule has 2 atom stereocenters. The van der Waals surface area contributed by atoms with Gasteiger partial charge in [-0.1, -0.05) is 12.2 Å². The van der Waals surface area contributed by atoms with Gasteiger partial charge in [-0.3, -0.25) is 9.59 Å². The number of ether oxygens (including phenoxy) is 1. The highest BCUT2D eigenvalue weighted by Crippen LogP contribution is 2.31. The number of methoxy groups -OCH3 is 1. The molecule has 2 unspecified atom stereocenters. The molecule has 1 N–H and O–H groups in total. The number of hydrogen-bond acceptors (Lipinski definition) is 6. The van der Waals surface area contributed by atoms with Crippen molar-refractivity contribution in [2.75, 3.05) is 7.11 Å². The summed E-state index contributed by atoms with van der Waals surface area (Å²) in [6.45, 7) is 1.62. The van der Waals surface area contributed by atoms with Crippen molar-refractivity contribution in [1.29, 1.82) is 0 Å². The van der Waals surface area contributed by atoms with Crippen molar-refractivity contribution in [3.63, 3.8) is 0 Å². The summed E-state index contributed by atoms with van der Waals surface area (Å²) in [5, 5.41) is 9.38. The zero-order valence-electron chi connectivity index (χ0n) is 11.7. The van der Waals surface area contributed by atoms with Crippen molar-refractivity contribution in [3.8, 4) is 0 Å². The van der Waals surface area contributed by atoms with Gasteiger partial charge in [0.1, 0.15) is 4.88 Å². The molecule has 0 saturated carbocycles. The monoisotopic (exact) mass is 309 g/mol. The highest BCUT2D eigenvalue weighted by molar-refractivity contribution is 7.15. The molecule has 0 aromatic carbocycles. The molecule has 0 saturated heterocycles.